The fourth-order valence-corrected chi connectivity index (χ4v) is 2.07. The number of rotatable bonds is 4. The van der Waals surface area contributed by atoms with E-state index in [2.05, 4.69) is 10.5 Å². The van der Waals surface area contributed by atoms with Crippen LogP contribution in [0, 0.1) is 0 Å². The first-order chi connectivity index (χ1) is 9.83. The first-order valence-electron chi connectivity index (χ1n) is 6.51. The number of carbonyl (C=O) groups is 1. The van der Waals surface area contributed by atoms with Crippen molar-refractivity contribution < 1.29 is 9.32 Å². The van der Waals surface area contributed by atoms with Gasteiger partial charge in [-0.3, -0.25) is 4.79 Å². The normalized spacial score (nSPS) is 10.6. The average Bonchev–Trinajstić information content (AvgIpc) is 2.90. The van der Waals surface area contributed by atoms with Gasteiger partial charge in [0.2, 0.25) is 5.91 Å². The molecule has 0 saturated carbocycles. The summed E-state index contributed by atoms with van der Waals surface area (Å²) >= 11 is 0. The second kappa shape index (κ2) is 5.57. The number of nitrogens with zero attached hydrogens (tertiary/aromatic N) is 1. The maximum Gasteiger partial charge on any atom is 0.225 e. The molecule has 1 amide bonds. The van der Waals surface area contributed by atoms with Crippen LogP contribution in [0.4, 0.5) is 5.82 Å². The van der Waals surface area contributed by atoms with Gasteiger partial charge >= 0.3 is 0 Å². The molecule has 0 bridgehead atoms. The van der Waals surface area contributed by atoms with Gasteiger partial charge in [0, 0.05) is 6.42 Å². The minimum atomic E-state index is -0.0621. The highest BCUT2D eigenvalue weighted by Crippen LogP contribution is 2.22. The summed E-state index contributed by atoms with van der Waals surface area (Å²) in [7, 11) is 0. The topological polar surface area (TPSA) is 55.1 Å². The van der Waals surface area contributed by atoms with Crippen LogP contribution in [0.1, 0.15) is 12.0 Å². The molecule has 3 aromatic rings. The van der Waals surface area contributed by atoms with Crippen LogP contribution in [0.3, 0.4) is 0 Å². The SMILES string of the molecule is O=C(CCc1ccccc1)Nc1noc2ccccc12. The van der Waals surface area contributed by atoms with Gasteiger partial charge in [0.25, 0.3) is 0 Å². The molecule has 0 fully saturated rings. The van der Waals surface area contributed by atoms with Crippen LogP contribution in [0.5, 0.6) is 0 Å². The van der Waals surface area contributed by atoms with E-state index in [1.54, 1.807) is 0 Å². The van der Waals surface area contributed by atoms with Crippen LogP contribution in [-0.2, 0) is 11.2 Å². The van der Waals surface area contributed by atoms with Gasteiger partial charge in [0.05, 0.1) is 5.39 Å². The number of hydrogen-bond acceptors (Lipinski definition) is 3. The molecule has 0 atom stereocenters. The summed E-state index contributed by atoms with van der Waals surface area (Å²) < 4.78 is 5.15. The number of carbonyl (C=O) groups excluding carboxylic acids is 1. The predicted octanol–water partition coefficient (Wildman–Crippen LogP) is 3.40. The number of amides is 1. The molecule has 2 aromatic carbocycles. The van der Waals surface area contributed by atoms with Crippen molar-refractivity contribution >= 4 is 22.7 Å². The number of anilines is 1. The van der Waals surface area contributed by atoms with Gasteiger partial charge in [-0.25, -0.2) is 0 Å². The van der Waals surface area contributed by atoms with Crippen LogP contribution >= 0.6 is 0 Å². The number of para-hydroxylation sites is 1. The minimum absolute atomic E-state index is 0.0621. The van der Waals surface area contributed by atoms with Gasteiger partial charge < -0.3 is 9.84 Å². The first-order valence-corrected chi connectivity index (χ1v) is 6.51. The van der Waals surface area contributed by atoms with Crippen molar-refractivity contribution in [3.05, 3.63) is 60.2 Å². The molecular formula is C16H14N2O2. The molecule has 0 saturated heterocycles. The van der Waals surface area contributed by atoms with Crippen molar-refractivity contribution in [3.8, 4) is 0 Å². The van der Waals surface area contributed by atoms with E-state index >= 15 is 0 Å². The summed E-state index contributed by atoms with van der Waals surface area (Å²) in [6.45, 7) is 0. The lowest BCUT2D eigenvalue weighted by Gasteiger charge is -2.02. The van der Waals surface area contributed by atoms with Crippen molar-refractivity contribution in [2.45, 2.75) is 12.8 Å². The zero-order valence-electron chi connectivity index (χ0n) is 10.9. The van der Waals surface area contributed by atoms with Crippen molar-refractivity contribution in [2.24, 2.45) is 0 Å². The van der Waals surface area contributed by atoms with Crippen molar-refractivity contribution in [2.75, 3.05) is 5.32 Å². The van der Waals surface area contributed by atoms with E-state index < -0.39 is 0 Å². The van der Waals surface area contributed by atoms with E-state index in [0.29, 0.717) is 24.2 Å². The van der Waals surface area contributed by atoms with Gasteiger partial charge in [-0.1, -0.05) is 47.6 Å². The van der Waals surface area contributed by atoms with Crippen LogP contribution in [-0.4, -0.2) is 11.1 Å². The molecule has 1 aromatic heterocycles. The van der Waals surface area contributed by atoms with Crippen LogP contribution in [0.25, 0.3) is 11.0 Å². The monoisotopic (exact) mass is 266 g/mol. The first kappa shape index (κ1) is 12.4. The molecular weight excluding hydrogens is 252 g/mol. The van der Waals surface area contributed by atoms with E-state index in [-0.39, 0.29) is 5.91 Å². The highest BCUT2D eigenvalue weighted by molar-refractivity contribution is 5.98. The molecule has 0 unspecified atom stereocenters. The average molecular weight is 266 g/mol. The maximum atomic E-state index is 11.9. The van der Waals surface area contributed by atoms with Gasteiger partial charge in [0.15, 0.2) is 11.4 Å². The van der Waals surface area contributed by atoms with Crippen LogP contribution in [0.15, 0.2) is 59.1 Å². The Morgan fingerprint density at radius 1 is 1.05 bits per heavy atom. The van der Waals surface area contributed by atoms with E-state index in [4.69, 9.17) is 4.52 Å². The summed E-state index contributed by atoms with van der Waals surface area (Å²) in [5, 5.41) is 7.49. The standard InChI is InChI=1S/C16H14N2O2/c19-15(11-10-12-6-2-1-3-7-12)17-16-13-8-4-5-9-14(13)20-18-16/h1-9H,10-11H2,(H,17,18,19). The molecule has 0 radical (unpaired) electrons. The largest absolute Gasteiger partial charge is 0.354 e. The lowest BCUT2D eigenvalue weighted by atomic mass is 10.1. The number of hydrogen-bond donors (Lipinski definition) is 1. The number of nitrogens with one attached hydrogen (secondary N) is 1. The molecule has 1 N–H and O–H groups in total. The number of benzene rings is 2. The van der Waals surface area contributed by atoms with Crippen molar-refractivity contribution in [1.29, 1.82) is 0 Å². The quantitative estimate of drug-likeness (QED) is 0.787. The summed E-state index contributed by atoms with van der Waals surface area (Å²) in [6, 6.07) is 17.4. The summed E-state index contributed by atoms with van der Waals surface area (Å²) in [5.41, 5.74) is 1.82. The molecule has 0 spiro atoms. The maximum absolute atomic E-state index is 11.9. The Morgan fingerprint density at radius 3 is 2.65 bits per heavy atom. The Balaban J connectivity index is 1.64. The molecule has 100 valence electrons. The van der Waals surface area contributed by atoms with E-state index in [0.717, 1.165) is 10.9 Å². The molecule has 0 aliphatic heterocycles. The van der Waals surface area contributed by atoms with Gasteiger partial charge in [-0.05, 0) is 24.1 Å². The van der Waals surface area contributed by atoms with E-state index in [9.17, 15) is 4.79 Å². The second-order valence-electron chi connectivity index (χ2n) is 4.56. The fourth-order valence-electron chi connectivity index (χ4n) is 2.07. The molecule has 4 nitrogen and oxygen atoms in total. The summed E-state index contributed by atoms with van der Waals surface area (Å²) in [4.78, 5) is 11.9. The zero-order valence-corrected chi connectivity index (χ0v) is 10.9. The van der Waals surface area contributed by atoms with E-state index in [1.165, 1.54) is 0 Å². The highest BCUT2D eigenvalue weighted by Gasteiger charge is 2.10. The summed E-state index contributed by atoms with van der Waals surface area (Å²) in [6.07, 6.45) is 1.13. The van der Waals surface area contributed by atoms with Gasteiger partial charge in [-0.2, -0.15) is 0 Å². The van der Waals surface area contributed by atoms with E-state index in [1.807, 2.05) is 54.6 Å². The number of aromatic nitrogens is 1. The third-order valence-electron chi connectivity index (χ3n) is 3.12. The van der Waals surface area contributed by atoms with Gasteiger partial charge in [0.1, 0.15) is 0 Å². The smallest absolute Gasteiger partial charge is 0.225 e. The Hall–Kier alpha value is -2.62. The molecule has 4 heteroatoms. The molecule has 0 aliphatic rings. The lowest BCUT2D eigenvalue weighted by Crippen LogP contribution is -2.12. The zero-order chi connectivity index (χ0) is 13.8. The van der Waals surface area contributed by atoms with Gasteiger partial charge in [-0.15, -0.1) is 0 Å². The third-order valence-corrected chi connectivity index (χ3v) is 3.12. The highest BCUT2D eigenvalue weighted by atomic mass is 16.5. The molecule has 3 rings (SSSR count). The Labute approximate surface area is 116 Å². The lowest BCUT2D eigenvalue weighted by molar-refractivity contribution is -0.116. The number of aryl methyl sites for hydroxylation is 1. The van der Waals surface area contributed by atoms with Crippen LogP contribution in [0.2, 0.25) is 0 Å². The Morgan fingerprint density at radius 2 is 1.80 bits per heavy atom. The van der Waals surface area contributed by atoms with Crippen LogP contribution < -0.4 is 5.32 Å². The fraction of sp³-hybridized carbons (Fsp3) is 0.125. The Bertz CT molecular complexity index is 719. The summed E-state index contributed by atoms with van der Waals surface area (Å²) in [5.74, 6) is 0.423. The third kappa shape index (κ3) is 2.69. The Kier molecular flexibility index (Phi) is 3.46. The molecule has 20 heavy (non-hydrogen) atoms. The molecule has 1 heterocycles. The molecule has 0 aliphatic carbocycles. The second-order valence-corrected chi connectivity index (χ2v) is 4.56. The van der Waals surface area contributed by atoms with Crippen molar-refractivity contribution in [3.63, 3.8) is 0 Å². The van der Waals surface area contributed by atoms with Crippen molar-refractivity contribution in [1.82, 2.24) is 5.16 Å². The predicted molar refractivity (Wildman–Crippen MR) is 77.4 cm³/mol. The minimum Gasteiger partial charge on any atom is -0.354 e. The number of fused-ring (bicyclic) bond motifs is 1.